The summed E-state index contributed by atoms with van der Waals surface area (Å²) < 4.78 is 5.05. The van der Waals surface area contributed by atoms with Crippen LogP contribution < -0.4 is 5.32 Å². The van der Waals surface area contributed by atoms with Gasteiger partial charge >= 0.3 is 5.97 Å². The Kier molecular flexibility index (Phi) is 4.65. The average molecular weight is 289 g/mol. The van der Waals surface area contributed by atoms with Crippen molar-refractivity contribution < 1.29 is 19.1 Å². The summed E-state index contributed by atoms with van der Waals surface area (Å²) in [6.45, 7) is 1.88. The minimum atomic E-state index is -0.912. The first-order valence-corrected chi connectivity index (χ1v) is 6.49. The fraction of sp³-hybridized carbons (Fsp3) is 0.286. The van der Waals surface area contributed by atoms with Crippen LogP contribution in [0.25, 0.3) is 11.5 Å². The van der Waals surface area contributed by atoms with E-state index in [2.05, 4.69) is 15.5 Å². The van der Waals surface area contributed by atoms with Gasteiger partial charge in [-0.1, -0.05) is 6.92 Å². The van der Waals surface area contributed by atoms with Crippen LogP contribution in [0, 0.1) is 5.92 Å². The van der Waals surface area contributed by atoms with Crippen molar-refractivity contribution in [2.24, 2.45) is 5.92 Å². The number of amides is 1. The van der Waals surface area contributed by atoms with Crippen LogP contribution in [0.3, 0.4) is 0 Å². The van der Waals surface area contributed by atoms with E-state index in [1.165, 1.54) is 6.39 Å². The number of hydrogen-bond acceptors (Lipinski definition) is 5. The molecule has 0 saturated heterocycles. The highest BCUT2D eigenvalue weighted by molar-refractivity contribution is 5.94. The average Bonchev–Trinajstić information content (AvgIpc) is 3.01. The van der Waals surface area contributed by atoms with Crippen molar-refractivity contribution in [1.82, 2.24) is 15.5 Å². The number of rotatable bonds is 6. The second kappa shape index (κ2) is 6.65. The van der Waals surface area contributed by atoms with Gasteiger partial charge in [0.1, 0.15) is 0 Å². The van der Waals surface area contributed by atoms with Crippen molar-refractivity contribution in [1.29, 1.82) is 0 Å². The molecular weight excluding hydrogens is 274 g/mol. The lowest BCUT2D eigenvalue weighted by Crippen LogP contribution is -2.32. The van der Waals surface area contributed by atoms with Gasteiger partial charge < -0.3 is 14.8 Å². The topological polar surface area (TPSA) is 105 Å². The van der Waals surface area contributed by atoms with Crippen molar-refractivity contribution in [3.63, 3.8) is 0 Å². The van der Waals surface area contributed by atoms with Crippen molar-refractivity contribution in [3.8, 4) is 11.5 Å². The first-order chi connectivity index (χ1) is 10.1. The predicted molar refractivity (Wildman–Crippen MR) is 73.5 cm³/mol. The summed E-state index contributed by atoms with van der Waals surface area (Å²) >= 11 is 0. The molecule has 0 bridgehead atoms. The zero-order valence-electron chi connectivity index (χ0n) is 11.4. The first-order valence-electron chi connectivity index (χ1n) is 6.49. The second-order valence-electron chi connectivity index (χ2n) is 4.47. The summed E-state index contributed by atoms with van der Waals surface area (Å²) in [7, 11) is 0. The zero-order chi connectivity index (χ0) is 15.2. The Hall–Kier alpha value is -2.70. The number of aromatic nitrogens is 2. The summed E-state index contributed by atoms with van der Waals surface area (Å²) in [6.07, 6.45) is 1.69. The number of nitrogens with zero attached hydrogens (tertiary/aromatic N) is 2. The summed E-state index contributed by atoms with van der Waals surface area (Å²) in [5.74, 6) is -1.43. The number of hydrogen-bond donors (Lipinski definition) is 2. The standard InChI is InChI=1S/C14H15N3O4/c1-2-9(14(19)20)7-15-12(18)10-3-5-11(6-4-10)13-17-16-8-21-13/h3-6,8-9H,2,7H2,1H3,(H,15,18)(H,19,20). The number of carbonyl (C=O) groups is 2. The zero-order valence-corrected chi connectivity index (χ0v) is 11.4. The minimum Gasteiger partial charge on any atom is -0.481 e. The molecule has 0 aliphatic carbocycles. The van der Waals surface area contributed by atoms with Gasteiger partial charge in [0.2, 0.25) is 12.3 Å². The maximum absolute atomic E-state index is 11.9. The van der Waals surface area contributed by atoms with Crippen LogP contribution in [-0.4, -0.2) is 33.7 Å². The molecule has 2 N–H and O–H groups in total. The molecule has 7 nitrogen and oxygen atoms in total. The Labute approximate surface area is 121 Å². The Morgan fingerprint density at radius 3 is 2.57 bits per heavy atom. The summed E-state index contributed by atoms with van der Waals surface area (Å²) in [4.78, 5) is 22.8. The highest BCUT2D eigenvalue weighted by Crippen LogP contribution is 2.16. The monoisotopic (exact) mass is 289 g/mol. The normalized spacial score (nSPS) is 11.9. The van der Waals surface area contributed by atoms with Crippen LogP contribution in [-0.2, 0) is 4.79 Å². The van der Waals surface area contributed by atoms with E-state index < -0.39 is 11.9 Å². The van der Waals surface area contributed by atoms with Crippen molar-refractivity contribution in [2.45, 2.75) is 13.3 Å². The molecule has 7 heteroatoms. The smallest absolute Gasteiger partial charge is 0.308 e. The molecule has 0 saturated carbocycles. The fourth-order valence-electron chi connectivity index (χ4n) is 1.79. The molecule has 110 valence electrons. The lowest BCUT2D eigenvalue weighted by Gasteiger charge is -2.11. The number of carboxylic acids is 1. The fourth-order valence-corrected chi connectivity index (χ4v) is 1.79. The van der Waals surface area contributed by atoms with Crippen LogP contribution >= 0.6 is 0 Å². The maximum atomic E-state index is 11.9. The largest absolute Gasteiger partial charge is 0.481 e. The van der Waals surface area contributed by atoms with E-state index in [4.69, 9.17) is 9.52 Å². The lowest BCUT2D eigenvalue weighted by atomic mass is 10.1. The van der Waals surface area contributed by atoms with Crippen LogP contribution in [0.15, 0.2) is 35.1 Å². The van der Waals surface area contributed by atoms with Gasteiger partial charge in [0.25, 0.3) is 5.91 Å². The molecule has 1 aromatic carbocycles. The van der Waals surface area contributed by atoms with Crippen molar-refractivity contribution >= 4 is 11.9 Å². The summed E-state index contributed by atoms with van der Waals surface area (Å²) in [6, 6.07) is 6.63. The molecule has 1 heterocycles. The van der Waals surface area contributed by atoms with Gasteiger partial charge in [-0.2, -0.15) is 0 Å². The van der Waals surface area contributed by atoms with E-state index in [9.17, 15) is 9.59 Å². The molecule has 1 unspecified atom stereocenters. The summed E-state index contributed by atoms with van der Waals surface area (Å²) in [5, 5.41) is 18.9. The maximum Gasteiger partial charge on any atom is 0.308 e. The van der Waals surface area contributed by atoms with Crippen LogP contribution in [0.2, 0.25) is 0 Å². The van der Waals surface area contributed by atoms with E-state index in [0.717, 1.165) is 0 Å². The van der Waals surface area contributed by atoms with E-state index >= 15 is 0 Å². The lowest BCUT2D eigenvalue weighted by molar-refractivity contribution is -0.141. The third kappa shape index (κ3) is 3.65. The molecule has 2 rings (SSSR count). The molecule has 1 amide bonds. The van der Waals surface area contributed by atoms with Gasteiger partial charge in [-0.15, -0.1) is 10.2 Å². The molecular formula is C14H15N3O4. The van der Waals surface area contributed by atoms with Crippen molar-refractivity contribution in [2.75, 3.05) is 6.54 Å². The van der Waals surface area contributed by atoms with Gasteiger partial charge in [0.15, 0.2) is 0 Å². The molecule has 1 aromatic heterocycles. The quantitative estimate of drug-likeness (QED) is 0.836. The molecule has 2 aromatic rings. The summed E-state index contributed by atoms with van der Waals surface area (Å²) in [5.41, 5.74) is 1.15. The predicted octanol–water partition coefficient (Wildman–Crippen LogP) is 1.58. The highest BCUT2D eigenvalue weighted by Gasteiger charge is 2.16. The Morgan fingerprint density at radius 2 is 2.05 bits per heavy atom. The van der Waals surface area contributed by atoms with Crippen molar-refractivity contribution in [3.05, 3.63) is 36.2 Å². The molecule has 21 heavy (non-hydrogen) atoms. The second-order valence-corrected chi connectivity index (χ2v) is 4.47. The third-order valence-corrected chi connectivity index (χ3v) is 3.11. The van der Waals surface area contributed by atoms with Gasteiger partial charge in [-0.25, -0.2) is 0 Å². The molecule has 0 fully saturated rings. The number of benzene rings is 1. The van der Waals surface area contributed by atoms with Crippen LogP contribution in [0.5, 0.6) is 0 Å². The number of carbonyl (C=O) groups excluding carboxylic acids is 1. The number of nitrogens with one attached hydrogen (secondary N) is 1. The molecule has 0 spiro atoms. The minimum absolute atomic E-state index is 0.107. The molecule has 0 aliphatic rings. The van der Waals surface area contributed by atoms with E-state index in [1.807, 2.05) is 0 Å². The highest BCUT2D eigenvalue weighted by atomic mass is 16.4. The molecule has 1 atom stereocenters. The third-order valence-electron chi connectivity index (χ3n) is 3.11. The molecule has 0 radical (unpaired) electrons. The Morgan fingerprint density at radius 1 is 1.33 bits per heavy atom. The van der Waals surface area contributed by atoms with Gasteiger partial charge in [0.05, 0.1) is 5.92 Å². The van der Waals surface area contributed by atoms with Crippen LogP contribution in [0.1, 0.15) is 23.7 Å². The number of carboxylic acid groups (broad SMARTS) is 1. The number of aliphatic carboxylic acids is 1. The van der Waals surface area contributed by atoms with E-state index in [1.54, 1.807) is 31.2 Å². The SMILES string of the molecule is CCC(CNC(=O)c1ccc(-c2nnco2)cc1)C(=O)O. The van der Waals surface area contributed by atoms with Gasteiger partial charge in [0, 0.05) is 17.7 Å². The Bertz CT molecular complexity index is 608. The first kappa shape index (κ1) is 14.7. The Balaban J connectivity index is 1.98. The van der Waals surface area contributed by atoms with E-state index in [-0.39, 0.29) is 12.5 Å². The molecule has 0 aliphatic heterocycles. The van der Waals surface area contributed by atoms with Crippen LogP contribution in [0.4, 0.5) is 0 Å². The van der Waals surface area contributed by atoms with Gasteiger partial charge in [-0.3, -0.25) is 9.59 Å². The van der Waals surface area contributed by atoms with Gasteiger partial charge in [-0.05, 0) is 30.7 Å². The van der Waals surface area contributed by atoms with E-state index in [0.29, 0.717) is 23.4 Å².